The molecule has 1 heterocycles. The van der Waals surface area contributed by atoms with Gasteiger partial charge >= 0.3 is 0 Å². The molecule has 0 bridgehead atoms. The maximum absolute atomic E-state index is 12.7. The van der Waals surface area contributed by atoms with Gasteiger partial charge in [0, 0.05) is 25.3 Å². The highest BCUT2D eigenvalue weighted by molar-refractivity contribution is 5.94. The minimum Gasteiger partial charge on any atom is -0.397 e. The molecular formula is C16H27N3O2. The Balaban J connectivity index is 2.03. The molecule has 1 aliphatic carbocycles. The molecule has 1 fully saturated rings. The molecule has 0 aromatic carbocycles. The number of nitrogen functional groups attached to an aromatic ring is 1. The van der Waals surface area contributed by atoms with E-state index in [1.54, 1.807) is 11.0 Å². The fourth-order valence-corrected chi connectivity index (χ4v) is 2.65. The molecule has 0 radical (unpaired) electrons. The smallest absolute Gasteiger partial charge is 0.270 e. The number of nitrogens with zero attached hydrogens (tertiary/aromatic N) is 2. The van der Waals surface area contributed by atoms with Crippen molar-refractivity contribution in [3.63, 3.8) is 0 Å². The van der Waals surface area contributed by atoms with Gasteiger partial charge in [0.1, 0.15) is 5.69 Å². The summed E-state index contributed by atoms with van der Waals surface area (Å²) in [5.41, 5.74) is 7.16. The van der Waals surface area contributed by atoms with Gasteiger partial charge < -0.3 is 20.3 Å². The second kappa shape index (κ2) is 7.50. The Kier molecular flexibility index (Phi) is 5.67. The number of carbonyl (C=O) groups is 1. The highest BCUT2D eigenvalue weighted by Gasteiger charge is 2.29. The lowest BCUT2D eigenvalue weighted by molar-refractivity contribution is 0.0707. The lowest BCUT2D eigenvalue weighted by Gasteiger charge is -2.22. The van der Waals surface area contributed by atoms with Crippen molar-refractivity contribution in [2.24, 2.45) is 0 Å². The maximum Gasteiger partial charge on any atom is 0.270 e. The number of unbranched alkanes of at least 4 members (excludes halogenated alkanes) is 3. The third-order valence-electron chi connectivity index (χ3n) is 3.97. The van der Waals surface area contributed by atoms with Crippen molar-refractivity contribution >= 4 is 11.6 Å². The van der Waals surface area contributed by atoms with Crippen LogP contribution in [0.2, 0.25) is 0 Å². The van der Waals surface area contributed by atoms with E-state index in [-0.39, 0.29) is 12.5 Å². The van der Waals surface area contributed by atoms with Gasteiger partial charge in [0.25, 0.3) is 5.91 Å². The standard InChI is InChI=1S/C16H27N3O2/c1-2-3-4-5-8-18(9-10-20)16(21)15-11-13(17)12-19(15)14-6-7-14/h11-12,14,20H,2-10,17H2,1H3. The largest absolute Gasteiger partial charge is 0.397 e. The lowest BCUT2D eigenvalue weighted by Crippen LogP contribution is -2.35. The summed E-state index contributed by atoms with van der Waals surface area (Å²) in [5.74, 6) is -0.0100. The van der Waals surface area contributed by atoms with Crippen molar-refractivity contribution < 1.29 is 9.90 Å². The first-order valence-corrected chi connectivity index (χ1v) is 8.04. The van der Waals surface area contributed by atoms with E-state index in [4.69, 9.17) is 5.73 Å². The second-order valence-corrected chi connectivity index (χ2v) is 5.87. The van der Waals surface area contributed by atoms with E-state index in [2.05, 4.69) is 6.92 Å². The van der Waals surface area contributed by atoms with Crippen LogP contribution in [0, 0.1) is 0 Å². The first-order chi connectivity index (χ1) is 10.2. The number of hydrogen-bond acceptors (Lipinski definition) is 3. The SMILES string of the molecule is CCCCCCN(CCO)C(=O)c1cc(N)cn1C1CC1. The summed E-state index contributed by atoms with van der Waals surface area (Å²) in [6, 6.07) is 2.19. The molecule has 1 aromatic rings. The van der Waals surface area contributed by atoms with Gasteiger partial charge in [0.2, 0.25) is 0 Å². The molecule has 5 nitrogen and oxygen atoms in total. The Morgan fingerprint density at radius 3 is 2.76 bits per heavy atom. The molecular weight excluding hydrogens is 266 g/mol. The van der Waals surface area contributed by atoms with Gasteiger partial charge in [-0.3, -0.25) is 4.79 Å². The molecule has 0 aliphatic heterocycles. The predicted molar refractivity (Wildman–Crippen MR) is 84.2 cm³/mol. The molecule has 1 aromatic heterocycles. The maximum atomic E-state index is 12.7. The molecule has 21 heavy (non-hydrogen) atoms. The van der Waals surface area contributed by atoms with Crippen LogP contribution < -0.4 is 5.73 Å². The molecule has 0 spiro atoms. The van der Waals surface area contributed by atoms with Crippen LogP contribution >= 0.6 is 0 Å². The van der Waals surface area contributed by atoms with Crippen molar-refractivity contribution in [3.8, 4) is 0 Å². The number of hydrogen-bond donors (Lipinski definition) is 2. The van der Waals surface area contributed by atoms with Gasteiger partial charge in [0.05, 0.1) is 12.3 Å². The summed E-state index contributed by atoms with van der Waals surface area (Å²) in [6.45, 7) is 3.26. The average Bonchev–Trinajstić information content (AvgIpc) is 3.24. The second-order valence-electron chi connectivity index (χ2n) is 5.87. The summed E-state index contributed by atoms with van der Waals surface area (Å²) in [4.78, 5) is 14.5. The van der Waals surface area contributed by atoms with Crippen LogP contribution in [0.1, 0.15) is 62.0 Å². The molecule has 3 N–H and O–H groups in total. The van der Waals surface area contributed by atoms with Crippen LogP contribution in [0.5, 0.6) is 0 Å². The topological polar surface area (TPSA) is 71.5 Å². The van der Waals surface area contributed by atoms with E-state index in [1.165, 1.54) is 12.8 Å². The van der Waals surface area contributed by atoms with Crippen LogP contribution in [0.15, 0.2) is 12.3 Å². The summed E-state index contributed by atoms with van der Waals surface area (Å²) in [6.07, 6.45) is 8.56. The van der Waals surface area contributed by atoms with Crippen LogP contribution in [-0.4, -0.2) is 40.2 Å². The first-order valence-electron chi connectivity index (χ1n) is 8.04. The number of carbonyl (C=O) groups excluding carboxylic acids is 1. The number of amides is 1. The van der Waals surface area contributed by atoms with Crippen LogP contribution in [0.25, 0.3) is 0 Å². The van der Waals surface area contributed by atoms with Gasteiger partial charge in [-0.15, -0.1) is 0 Å². The fraction of sp³-hybridized carbons (Fsp3) is 0.688. The third kappa shape index (κ3) is 4.24. The van der Waals surface area contributed by atoms with E-state index in [1.807, 2.05) is 10.8 Å². The zero-order valence-corrected chi connectivity index (χ0v) is 12.9. The number of aliphatic hydroxyl groups is 1. The van der Waals surface area contributed by atoms with E-state index < -0.39 is 0 Å². The lowest BCUT2D eigenvalue weighted by atomic mass is 10.2. The monoisotopic (exact) mass is 293 g/mol. The number of aromatic nitrogens is 1. The number of nitrogens with two attached hydrogens (primary N) is 1. The first kappa shape index (κ1) is 15.9. The third-order valence-corrected chi connectivity index (χ3v) is 3.97. The molecule has 2 rings (SSSR count). The molecule has 1 aliphatic rings. The number of anilines is 1. The van der Waals surface area contributed by atoms with Crippen molar-refractivity contribution in [1.29, 1.82) is 0 Å². The van der Waals surface area contributed by atoms with Crippen LogP contribution in [0.4, 0.5) is 5.69 Å². The minimum atomic E-state index is -0.0100. The van der Waals surface area contributed by atoms with Crippen LogP contribution in [0.3, 0.4) is 0 Å². The van der Waals surface area contributed by atoms with Gasteiger partial charge in [-0.2, -0.15) is 0 Å². The van der Waals surface area contributed by atoms with Gasteiger partial charge in [-0.25, -0.2) is 0 Å². The number of rotatable bonds is 9. The Bertz CT molecular complexity index is 466. The summed E-state index contributed by atoms with van der Waals surface area (Å²) in [7, 11) is 0. The van der Waals surface area contributed by atoms with E-state index in [0.717, 1.165) is 25.7 Å². The van der Waals surface area contributed by atoms with Crippen molar-refractivity contribution in [3.05, 3.63) is 18.0 Å². The van der Waals surface area contributed by atoms with E-state index in [9.17, 15) is 9.90 Å². The zero-order valence-electron chi connectivity index (χ0n) is 12.9. The predicted octanol–water partition coefficient (Wildman–Crippen LogP) is 2.42. The molecule has 1 amide bonds. The molecule has 1 saturated carbocycles. The minimum absolute atomic E-state index is 0.000856. The van der Waals surface area contributed by atoms with Gasteiger partial charge in [-0.05, 0) is 25.3 Å². The normalized spacial score (nSPS) is 14.4. The molecule has 5 heteroatoms. The van der Waals surface area contributed by atoms with E-state index in [0.29, 0.717) is 30.5 Å². The van der Waals surface area contributed by atoms with Crippen LogP contribution in [-0.2, 0) is 0 Å². The van der Waals surface area contributed by atoms with Gasteiger partial charge in [-0.1, -0.05) is 26.2 Å². The van der Waals surface area contributed by atoms with E-state index >= 15 is 0 Å². The fourth-order valence-electron chi connectivity index (χ4n) is 2.65. The van der Waals surface area contributed by atoms with Crippen molar-refractivity contribution in [1.82, 2.24) is 9.47 Å². The summed E-state index contributed by atoms with van der Waals surface area (Å²) >= 11 is 0. The highest BCUT2D eigenvalue weighted by atomic mass is 16.3. The molecule has 0 atom stereocenters. The molecule has 118 valence electrons. The average molecular weight is 293 g/mol. The highest BCUT2D eigenvalue weighted by Crippen LogP contribution is 2.37. The van der Waals surface area contributed by atoms with Crippen molar-refractivity contribution in [2.45, 2.75) is 51.5 Å². The van der Waals surface area contributed by atoms with Gasteiger partial charge in [0.15, 0.2) is 0 Å². The summed E-state index contributed by atoms with van der Waals surface area (Å²) in [5, 5.41) is 9.21. The molecule has 0 saturated heterocycles. The quantitative estimate of drug-likeness (QED) is 0.687. The molecule has 0 unspecified atom stereocenters. The Morgan fingerprint density at radius 1 is 1.38 bits per heavy atom. The Labute approximate surface area is 126 Å². The number of aliphatic hydroxyl groups excluding tert-OH is 1. The zero-order chi connectivity index (χ0) is 15.2. The Hall–Kier alpha value is -1.49. The Morgan fingerprint density at radius 2 is 2.14 bits per heavy atom. The van der Waals surface area contributed by atoms with Crippen molar-refractivity contribution in [2.75, 3.05) is 25.4 Å². The summed E-state index contributed by atoms with van der Waals surface area (Å²) < 4.78 is 2.01.